The fraction of sp³-hybridized carbons (Fsp3) is 0. The number of aromatic nitrogens is 2. The first-order valence-corrected chi connectivity index (χ1v) is 5.72. The second-order valence-electron chi connectivity index (χ2n) is 3.54. The molecule has 0 aliphatic carbocycles. The summed E-state index contributed by atoms with van der Waals surface area (Å²) in [5.74, 6) is 0.0250. The third-order valence-electron chi connectivity index (χ3n) is 2.26. The van der Waals surface area contributed by atoms with Crippen LogP contribution in [-0.2, 0) is 0 Å². The fourth-order valence-corrected chi connectivity index (χ4v) is 1.57. The van der Waals surface area contributed by atoms with Gasteiger partial charge in [0, 0.05) is 5.56 Å². The van der Waals surface area contributed by atoms with Gasteiger partial charge in [0.15, 0.2) is 5.11 Å². The monoisotopic (exact) mass is 271 g/mol. The van der Waals surface area contributed by atoms with Crippen LogP contribution in [0.2, 0.25) is 0 Å². The maximum atomic E-state index is 11.8. The Hall–Kier alpha value is -2.72. The Bertz CT molecular complexity index is 644. The van der Waals surface area contributed by atoms with Crippen molar-refractivity contribution in [2.45, 2.75) is 0 Å². The van der Waals surface area contributed by atoms with Gasteiger partial charge in [-0.2, -0.15) is 10.4 Å². The molecule has 0 spiro atoms. The van der Waals surface area contributed by atoms with Crippen molar-refractivity contribution in [2.75, 3.05) is 5.32 Å². The van der Waals surface area contributed by atoms with E-state index in [1.54, 1.807) is 24.3 Å². The number of H-pyrrole nitrogens is 1. The minimum Gasteiger partial charge on any atom is -0.316 e. The molecule has 2 aromatic rings. The number of hydrogen-bond donors (Lipinski definition) is 3. The fourth-order valence-electron chi connectivity index (χ4n) is 1.38. The van der Waals surface area contributed by atoms with Crippen LogP contribution >= 0.6 is 12.2 Å². The summed E-state index contributed by atoms with van der Waals surface area (Å²) in [5.41, 5.74) is 0.813. The number of benzene rings is 1. The number of thiocarbonyl (C=S) groups is 1. The first-order valence-electron chi connectivity index (χ1n) is 5.31. The van der Waals surface area contributed by atoms with E-state index in [1.165, 1.54) is 6.20 Å². The molecule has 0 fully saturated rings. The van der Waals surface area contributed by atoms with Gasteiger partial charge < -0.3 is 5.32 Å². The van der Waals surface area contributed by atoms with E-state index in [4.69, 9.17) is 17.5 Å². The number of nitrogens with zero attached hydrogens (tertiary/aromatic N) is 2. The van der Waals surface area contributed by atoms with Crippen molar-refractivity contribution < 1.29 is 4.79 Å². The molecule has 1 amide bonds. The number of hydrogen-bond acceptors (Lipinski definition) is 4. The van der Waals surface area contributed by atoms with Crippen LogP contribution in [0.15, 0.2) is 36.5 Å². The van der Waals surface area contributed by atoms with E-state index in [0.717, 1.165) is 0 Å². The lowest BCUT2D eigenvalue weighted by molar-refractivity contribution is 0.0977. The van der Waals surface area contributed by atoms with E-state index in [9.17, 15) is 4.79 Å². The Labute approximate surface area is 114 Å². The van der Waals surface area contributed by atoms with E-state index in [2.05, 4.69) is 20.8 Å². The summed E-state index contributed by atoms with van der Waals surface area (Å²) in [6.45, 7) is 0. The van der Waals surface area contributed by atoms with E-state index < -0.39 is 0 Å². The molecule has 19 heavy (non-hydrogen) atoms. The van der Waals surface area contributed by atoms with Crippen molar-refractivity contribution in [1.82, 2.24) is 15.5 Å². The molecule has 1 aromatic carbocycles. The van der Waals surface area contributed by atoms with Gasteiger partial charge in [-0.3, -0.25) is 15.2 Å². The molecule has 7 heteroatoms. The summed E-state index contributed by atoms with van der Waals surface area (Å²) in [6, 6.07) is 10.6. The average Bonchev–Trinajstić information content (AvgIpc) is 2.86. The molecule has 0 saturated heterocycles. The van der Waals surface area contributed by atoms with Crippen LogP contribution in [0.5, 0.6) is 0 Å². The highest BCUT2D eigenvalue weighted by molar-refractivity contribution is 7.80. The highest BCUT2D eigenvalue weighted by Gasteiger charge is 2.09. The largest absolute Gasteiger partial charge is 0.316 e. The highest BCUT2D eigenvalue weighted by Crippen LogP contribution is 2.08. The number of carbonyl (C=O) groups is 1. The molecule has 3 N–H and O–H groups in total. The Kier molecular flexibility index (Phi) is 3.85. The van der Waals surface area contributed by atoms with Crippen LogP contribution in [-0.4, -0.2) is 21.2 Å². The average molecular weight is 271 g/mol. The van der Waals surface area contributed by atoms with Gasteiger partial charge in [0.05, 0.1) is 6.20 Å². The molecule has 0 aliphatic rings. The van der Waals surface area contributed by atoms with Gasteiger partial charge in [0.1, 0.15) is 17.5 Å². The zero-order chi connectivity index (χ0) is 13.7. The van der Waals surface area contributed by atoms with Crippen LogP contribution in [0.1, 0.15) is 15.9 Å². The maximum Gasteiger partial charge on any atom is 0.257 e. The van der Waals surface area contributed by atoms with Crippen LogP contribution in [0, 0.1) is 11.3 Å². The molecule has 1 heterocycles. The number of nitriles is 1. The first-order chi connectivity index (χ1) is 9.20. The molecule has 0 aliphatic heterocycles. The Balaban J connectivity index is 1.99. The normalized spacial score (nSPS) is 9.42. The van der Waals surface area contributed by atoms with E-state index in [0.29, 0.717) is 16.9 Å². The minimum absolute atomic E-state index is 0.0922. The van der Waals surface area contributed by atoms with Gasteiger partial charge >= 0.3 is 0 Å². The molecular formula is C12H9N5OS. The van der Waals surface area contributed by atoms with Gasteiger partial charge in [-0.05, 0) is 24.4 Å². The number of nitrogens with one attached hydrogen (secondary N) is 3. The zero-order valence-corrected chi connectivity index (χ0v) is 10.5. The van der Waals surface area contributed by atoms with E-state index in [1.807, 2.05) is 12.1 Å². The van der Waals surface area contributed by atoms with Crippen molar-refractivity contribution in [3.63, 3.8) is 0 Å². The Morgan fingerprint density at radius 3 is 2.79 bits per heavy atom. The molecule has 0 unspecified atom stereocenters. The van der Waals surface area contributed by atoms with Crippen molar-refractivity contribution in [2.24, 2.45) is 0 Å². The number of rotatable bonds is 2. The van der Waals surface area contributed by atoms with Gasteiger partial charge in [0.2, 0.25) is 0 Å². The number of carbonyl (C=O) groups excluding carboxylic acids is 1. The Morgan fingerprint density at radius 2 is 2.11 bits per heavy atom. The first kappa shape index (κ1) is 12.7. The molecule has 0 atom stereocenters. The molecular weight excluding hydrogens is 262 g/mol. The summed E-state index contributed by atoms with van der Waals surface area (Å²) in [6.07, 6.45) is 1.37. The molecule has 0 radical (unpaired) electrons. The van der Waals surface area contributed by atoms with Crippen molar-refractivity contribution in [3.8, 4) is 6.07 Å². The second kappa shape index (κ2) is 5.75. The van der Waals surface area contributed by atoms with Gasteiger partial charge in [-0.1, -0.05) is 18.2 Å². The molecule has 1 aromatic heterocycles. The van der Waals surface area contributed by atoms with Gasteiger partial charge in [0.25, 0.3) is 5.91 Å². The van der Waals surface area contributed by atoms with E-state index >= 15 is 0 Å². The third kappa shape index (κ3) is 3.14. The molecule has 2 rings (SSSR count). The van der Waals surface area contributed by atoms with Crippen molar-refractivity contribution in [1.29, 1.82) is 5.26 Å². The van der Waals surface area contributed by atoms with Crippen LogP contribution in [0.25, 0.3) is 0 Å². The summed E-state index contributed by atoms with van der Waals surface area (Å²) in [5, 5.41) is 20.4. The standard InChI is InChI=1S/C12H9N5OS/c13-6-9-7-14-17-10(9)15-12(19)16-11(18)8-4-2-1-3-5-8/h1-5,7H,(H3,14,15,16,17,18,19). The number of anilines is 1. The summed E-state index contributed by atoms with van der Waals surface area (Å²) < 4.78 is 0. The van der Waals surface area contributed by atoms with Crippen LogP contribution < -0.4 is 10.6 Å². The lowest BCUT2D eigenvalue weighted by atomic mass is 10.2. The van der Waals surface area contributed by atoms with E-state index in [-0.39, 0.29) is 11.0 Å². The Morgan fingerprint density at radius 1 is 1.37 bits per heavy atom. The maximum absolute atomic E-state index is 11.8. The van der Waals surface area contributed by atoms with Gasteiger partial charge in [-0.25, -0.2) is 0 Å². The summed E-state index contributed by atoms with van der Waals surface area (Å²) in [4.78, 5) is 11.8. The van der Waals surface area contributed by atoms with Crippen LogP contribution in [0.4, 0.5) is 5.82 Å². The van der Waals surface area contributed by atoms with Crippen LogP contribution in [0.3, 0.4) is 0 Å². The molecule has 0 saturated carbocycles. The minimum atomic E-state index is -0.323. The topological polar surface area (TPSA) is 93.6 Å². The highest BCUT2D eigenvalue weighted by atomic mass is 32.1. The third-order valence-corrected chi connectivity index (χ3v) is 2.47. The smallest absolute Gasteiger partial charge is 0.257 e. The molecule has 6 nitrogen and oxygen atoms in total. The zero-order valence-electron chi connectivity index (χ0n) is 9.68. The molecule has 94 valence electrons. The van der Waals surface area contributed by atoms with Crippen molar-refractivity contribution in [3.05, 3.63) is 47.7 Å². The summed E-state index contributed by atoms with van der Waals surface area (Å²) in [7, 11) is 0. The lowest BCUT2D eigenvalue weighted by Crippen LogP contribution is -2.34. The van der Waals surface area contributed by atoms with Crippen molar-refractivity contribution >= 4 is 29.1 Å². The SMILES string of the molecule is N#Cc1cn[nH]c1NC(=S)NC(=O)c1ccccc1. The molecule has 0 bridgehead atoms. The lowest BCUT2D eigenvalue weighted by Gasteiger charge is -2.07. The summed E-state index contributed by atoms with van der Waals surface area (Å²) >= 11 is 4.99. The number of aromatic amines is 1. The predicted octanol–water partition coefficient (Wildman–Crippen LogP) is 1.41. The quantitative estimate of drug-likeness (QED) is 0.718. The number of amides is 1. The predicted molar refractivity (Wildman–Crippen MR) is 73.4 cm³/mol. The second-order valence-corrected chi connectivity index (χ2v) is 3.95. The van der Waals surface area contributed by atoms with Gasteiger partial charge in [-0.15, -0.1) is 0 Å².